The summed E-state index contributed by atoms with van der Waals surface area (Å²) in [5.41, 5.74) is 1.60. The highest BCUT2D eigenvalue weighted by Crippen LogP contribution is 2.19. The molecule has 0 radical (unpaired) electrons. The average molecular weight is 220 g/mol. The van der Waals surface area contributed by atoms with Crippen LogP contribution < -0.4 is 10.2 Å². The molecule has 0 spiro atoms. The van der Waals surface area contributed by atoms with Crippen LogP contribution in [-0.4, -0.2) is 20.0 Å². The fourth-order valence-electron chi connectivity index (χ4n) is 1.16. The van der Waals surface area contributed by atoms with Crippen LogP contribution in [0.1, 0.15) is 20.8 Å². The molecule has 0 atom stereocenters. The summed E-state index contributed by atoms with van der Waals surface area (Å²) in [6.07, 6.45) is 0. The van der Waals surface area contributed by atoms with E-state index in [2.05, 4.69) is 5.32 Å². The minimum absolute atomic E-state index is 0.0325. The molecule has 88 valence electrons. The molecule has 0 fully saturated rings. The van der Waals surface area contributed by atoms with Crippen molar-refractivity contribution >= 4 is 17.3 Å². The molecule has 0 aliphatic rings. The first-order chi connectivity index (χ1) is 7.30. The summed E-state index contributed by atoms with van der Waals surface area (Å²) in [5.74, 6) is 0.0325. The lowest BCUT2D eigenvalue weighted by Crippen LogP contribution is -2.27. The highest BCUT2D eigenvalue weighted by Gasteiger charge is 2.20. The van der Waals surface area contributed by atoms with Crippen molar-refractivity contribution in [1.29, 1.82) is 0 Å². The van der Waals surface area contributed by atoms with Gasteiger partial charge in [-0.2, -0.15) is 0 Å². The predicted octanol–water partition coefficient (Wildman–Crippen LogP) is 2.74. The SMILES string of the molecule is CN(C)c1ccc(NC(=O)C(C)(C)C)cc1. The van der Waals surface area contributed by atoms with Crippen molar-refractivity contribution in [3.63, 3.8) is 0 Å². The minimum Gasteiger partial charge on any atom is -0.378 e. The number of hydrogen-bond acceptors (Lipinski definition) is 2. The van der Waals surface area contributed by atoms with Crippen LogP contribution in [0.4, 0.5) is 11.4 Å². The van der Waals surface area contributed by atoms with Crippen molar-refractivity contribution in [2.75, 3.05) is 24.3 Å². The van der Waals surface area contributed by atoms with Crippen molar-refractivity contribution in [1.82, 2.24) is 0 Å². The number of rotatable bonds is 2. The number of benzene rings is 1. The Kier molecular flexibility index (Phi) is 3.58. The minimum atomic E-state index is -0.361. The van der Waals surface area contributed by atoms with Gasteiger partial charge in [0.15, 0.2) is 0 Å². The van der Waals surface area contributed by atoms with Crippen LogP contribution in [-0.2, 0) is 4.79 Å². The van der Waals surface area contributed by atoms with E-state index >= 15 is 0 Å². The maximum absolute atomic E-state index is 11.7. The van der Waals surface area contributed by atoms with E-state index in [1.54, 1.807) is 0 Å². The third-order valence-electron chi connectivity index (χ3n) is 2.32. The number of carbonyl (C=O) groups is 1. The molecule has 1 amide bonds. The lowest BCUT2D eigenvalue weighted by atomic mass is 9.95. The first-order valence-electron chi connectivity index (χ1n) is 5.39. The van der Waals surface area contributed by atoms with E-state index in [0.717, 1.165) is 11.4 Å². The second-order valence-electron chi connectivity index (χ2n) is 5.15. The van der Waals surface area contributed by atoms with Gasteiger partial charge in [0.2, 0.25) is 5.91 Å². The second kappa shape index (κ2) is 4.56. The van der Waals surface area contributed by atoms with Crippen molar-refractivity contribution in [3.05, 3.63) is 24.3 Å². The van der Waals surface area contributed by atoms with E-state index in [9.17, 15) is 4.79 Å². The summed E-state index contributed by atoms with van der Waals surface area (Å²) >= 11 is 0. The standard InChI is InChI=1S/C13H20N2O/c1-13(2,3)12(16)14-10-6-8-11(9-7-10)15(4)5/h6-9H,1-5H3,(H,14,16). The van der Waals surface area contributed by atoms with Crippen molar-refractivity contribution in [2.45, 2.75) is 20.8 Å². The quantitative estimate of drug-likeness (QED) is 0.831. The highest BCUT2D eigenvalue weighted by atomic mass is 16.2. The molecule has 0 saturated carbocycles. The van der Waals surface area contributed by atoms with Gasteiger partial charge in [-0.25, -0.2) is 0 Å². The van der Waals surface area contributed by atoms with Gasteiger partial charge in [-0.1, -0.05) is 20.8 Å². The Labute approximate surface area is 97.5 Å². The first-order valence-corrected chi connectivity index (χ1v) is 5.39. The maximum Gasteiger partial charge on any atom is 0.229 e. The Bertz CT molecular complexity index is 361. The molecular weight excluding hydrogens is 200 g/mol. The second-order valence-corrected chi connectivity index (χ2v) is 5.15. The van der Waals surface area contributed by atoms with Gasteiger partial charge < -0.3 is 10.2 Å². The van der Waals surface area contributed by atoms with E-state index in [1.165, 1.54) is 0 Å². The summed E-state index contributed by atoms with van der Waals surface area (Å²) in [6.45, 7) is 5.70. The van der Waals surface area contributed by atoms with Crippen LogP contribution in [0, 0.1) is 5.41 Å². The third-order valence-corrected chi connectivity index (χ3v) is 2.32. The molecule has 0 aromatic heterocycles. The largest absolute Gasteiger partial charge is 0.378 e. The number of nitrogens with one attached hydrogen (secondary N) is 1. The molecule has 1 aromatic carbocycles. The zero-order valence-electron chi connectivity index (χ0n) is 10.7. The molecule has 0 saturated heterocycles. The van der Waals surface area contributed by atoms with Gasteiger partial charge in [0.25, 0.3) is 0 Å². The molecule has 16 heavy (non-hydrogen) atoms. The van der Waals surface area contributed by atoms with Gasteiger partial charge in [0, 0.05) is 30.9 Å². The monoisotopic (exact) mass is 220 g/mol. The molecule has 0 heterocycles. The highest BCUT2D eigenvalue weighted by molar-refractivity contribution is 5.94. The first kappa shape index (κ1) is 12.6. The van der Waals surface area contributed by atoms with E-state index in [4.69, 9.17) is 0 Å². The van der Waals surface area contributed by atoms with Crippen LogP contribution in [0.25, 0.3) is 0 Å². The number of hydrogen-bond donors (Lipinski definition) is 1. The molecule has 3 nitrogen and oxygen atoms in total. The van der Waals surface area contributed by atoms with Crippen molar-refractivity contribution in [2.24, 2.45) is 5.41 Å². The number of amides is 1. The number of nitrogens with zero attached hydrogens (tertiary/aromatic N) is 1. The molecule has 3 heteroatoms. The Morgan fingerprint density at radius 2 is 1.62 bits per heavy atom. The molecule has 0 aliphatic heterocycles. The van der Waals surface area contributed by atoms with Crippen LogP contribution in [0.5, 0.6) is 0 Å². The van der Waals surface area contributed by atoms with Gasteiger partial charge in [-0.05, 0) is 24.3 Å². The summed E-state index contributed by atoms with van der Waals surface area (Å²) in [5, 5.41) is 2.89. The molecule has 0 bridgehead atoms. The Morgan fingerprint density at radius 3 is 2.00 bits per heavy atom. The van der Waals surface area contributed by atoms with E-state index in [-0.39, 0.29) is 11.3 Å². The van der Waals surface area contributed by atoms with Crippen LogP contribution in [0.3, 0.4) is 0 Å². The summed E-state index contributed by atoms with van der Waals surface area (Å²) in [4.78, 5) is 13.8. The normalized spacial score (nSPS) is 11.1. The molecule has 1 rings (SSSR count). The smallest absolute Gasteiger partial charge is 0.229 e. The lowest BCUT2D eigenvalue weighted by Gasteiger charge is -2.18. The van der Waals surface area contributed by atoms with Crippen LogP contribution in [0.15, 0.2) is 24.3 Å². The summed E-state index contributed by atoms with van der Waals surface area (Å²) < 4.78 is 0. The van der Waals surface area contributed by atoms with Gasteiger partial charge >= 0.3 is 0 Å². The molecule has 0 aliphatic carbocycles. The molecule has 1 N–H and O–H groups in total. The van der Waals surface area contributed by atoms with Crippen molar-refractivity contribution < 1.29 is 4.79 Å². The van der Waals surface area contributed by atoms with Gasteiger partial charge in [-0.3, -0.25) is 4.79 Å². The average Bonchev–Trinajstić information content (AvgIpc) is 2.17. The van der Waals surface area contributed by atoms with E-state index in [0.29, 0.717) is 0 Å². The summed E-state index contributed by atoms with van der Waals surface area (Å²) in [7, 11) is 3.98. The zero-order chi connectivity index (χ0) is 12.3. The predicted molar refractivity (Wildman–Crippen MR) is 68.9 cm³/mol. The van der Waals surface area contributed by atoms with E-state index < -0.39 is 0 Å². The Balaban J connectivity index is 2.73. The Hall–Kier alpha value is -1.51. The number of carbonyl (C=O) groups excluding carboxylic acids is 1. The van der Waals surface area contributed by atoms with Crippen LogP contribution >= 0.6 is 0 Å². The number of anilines is 2. The van der Waals surface area contributed by atoms with Gasteiger partial charge in [-0.15, -0.1) is 0 Å². The van der Waals surface area contributed by atoms with Crippen LogP contribution in [0.2, 0.25) is 0 Å². The Morgan fingerprint density at radius 1 is 1.12 bits per heavy atom. The molecular formula is C13H20N2O. The van der Waals surface area contributed by atoms with Crippen molar-refractivity contribution in [3.8, 4) is 0 Å². The topological polar surface area (TPSA) is 32.3 Å². The third kappa shape index (κ3) is 3.26. The summed E-state index contributed by atoms with van der Waals surface area (Å²) in [6, 6.07) is 7.80. The molecule has 1 aromatic rings. The van der Waals surface area contributed by atoms with E-state index in [1.807, 2.05) is 64.0 Å². The maximum atomic E-state index is 11.7. The fourth-order valence-corrected chi connectivity index (χ4v) is 1.16. The lowest BCUT2D eigenvalue weighted by molar-refractivity contribution is -0.123. The van der Waals surface area contributed by atoms with Gasteiger partial charge in [0.1, 0.15) is 0 Å². The zero-order valence-corrected chi connectivity index (χ0v) is 10.7. The van der Waals surface area contributed by atoms with Gasteiger partial charge in [0.05, 0.1) is 0 Å². The fraction of sp³-hybridized carbons (Fsp3) is 0.462. The molecule has 0 unspecified atom stereocenters.